The maximum atomic E-state index is 9.49. The third-order valence-electron chi connectivity index (χ3n) is 9.05. The van der Waals surface area contributed by atoms with E-state index in [1.165, 1.54) is 10.8 Å². The first-order valence-electron chi connectivity index (χ1n) is 16.2. The summed E-state index contributed by atoms with van der Waals surface area (Å²) in [5.74, 6) is 0. The number of hydrogen-bond acceptors (Lipinski definition) is 4. The Morgan fingerprint density at radius 3 is 1.82 bits per heavy atom. The van der Waals surface area contributed by atoms with Crippen LogP contribution in [0.25, 0.3) is 59.4 Å². The summed E-state index contributed by atoms with van der Waals surface area (Å²) >= 11 is 1.72. The summed E-state index contributed by atoms with van der Waals surface area (Å²) in [4.78, 5) is 7.33. The molecule has 4 nitrogen and oxygen atoms in total. The fourth-order valence-corrected chi connectivity index (χ4v) is 7.83. The molecule has 2 heterocycles. The topological polar surface area (TPSA) is 44.9 Å². The fourth-order valence-electron chi connectivity index (χ4n) is 6.73. The van der Waals surface area contributed by atoms with Gasteiger partial charge in [-0.3, -0.25) is 0 Å². The maximum absolute atomic E-state index is 9.49. The minimum atomic E-state index is 0.641. The van der Waals surface area contributed by atoms with Crippen LogP contribution < -0.4 is 4.90 Å². The Balaban J connectivity index is 1.20. The van der Waals surface area contributed by atoms with Gasteiger partial charge in [-0.2, -0.15) is 5.26 Å². The lowest BCUT2D eigenvalue weighted by Gasteiger charge is -2.25. The van der Waals surface area contributed by atoms with Gasteiger partial charge in [-0.15, -0.1) is 11.3 Å². The number of rotatable bonds is 6. The molecule has 0 N–H and O–H groups in total. The second-order valence-electron chi connectivity index (χ2n) is 12.0. The molecule has 0 saturated heterocycles. The van der Waals surface area contributed by atoms with Gasteiger partial charge in [0.2, 0.25) is 0 Å². The number of para-hydroxylation sites is 2. The van der Waals surface area contributed by atoms with Gasteiger partial charge in [-0.05, 0) is 96.1 Å². The van der Waals surface area contributed by atoms with E-state index < -0.39 is 0 Å². The molecule has 7 aromatic carbocycles. The van der Waals surface area contributed by atoms with Gasteiger partial charge in [0.1, 0.15) is 5.01 Å². The number of hydrogen-bond donors (Lipinski definition) is 0. The van der Waals surface area contributed by atoms with Crippen molar-refractivity contribution in [3.63, 3.8) is 0 Å². The quantitative estimate of drug-likeness (QED) is 0.181. The first-order valence-corrected chi connectivity index (χ1v) is 17.0. The lowest BCUT2D eigenvalue weighted by molar-refractivity contribution is 1.19. The van der Waals surface area contributed by atoms with Gasteiger partial charge in [0, 0.05) is 39.1 Å². The lowest BCUT2D eigenvalue weighted by Crippen LogP contribution is -2.09. The van der Waals surface area contributed by atoms with Crippen LogP contribution in [-0.4, -0.2) is 9.55 Å². The van der Waals surface area contributed by atoms with Crippen LogP contribution in [0, 0.1) is 11.3 Å². The van der Waals surface area contributed by atoms with Crippen molar-refractivity contribution < 1.29 is 0 Å². The molecule has 9 rings (SSSR count). The van der Waals surface area contributed by atoms with Gasteiger partial charge >= 0.3 is 0 Å². The van der Waals surface area contributed by atoms with Gasteiger partial charge < -0.3 is 9.47 Å². The molecule has 0 spiro atoms. The molecular formula is C44H28N4S. The molecule has 0 aliphatic carbocycles. The molecule has 0 bridgehead atoms. The molecule has 0 radical (unpaired) electrons. The number of fused-ring (bicyclic) bond motifs is 5. The summed E-state index contributed by atoms with van der Waals surface area (Å²) < 4.78 is 3.47. The van der Waals surface area contributed by atoms with Crippen molar-refractivity contribution in [1.82, 2.24) is 9.55 Å². The number of aromatic nitrogens is 2. The molecule has 0 aliphatic rings. The average Bonchev–Trinajstić information content (AvgIpc) is 3.76. The van der Waals surface area contributed by atoms with Crippen LogP contribution in [0.15, 0.2) is 170 Å². The first kappa shape index (κ1) is 28.7. The van der Waals surface area contributed by atoms with Gasteiger partial charge in [0.05, 0.1) is 32.9 Å². The van der Waals surface area contributed by atoms with E-state index in [4.69, 9.17) is 4.98 Å². The van der Waals surface area contributed by atoms with Crippen LogP contribution in [0.1, 0.15) is 5.56 Å². The molecule has 2 aromatic heterocycles. The highest BCUT2D eigenvalue weighted by molar-refractivity contribution is 7.22. The third kappa shape index (κ3) is 5.03. The van der Waals surface area contributed by atoms with E-state index in [2.05, 4.69) is 143 Å². The summed E-state index contributed by atoms with van der Waals surface area (Å²) in [6.45, 7) is 0. The van der Waals surface area contributed by atoms with Crippen molar-refractivity contribution in [1.29, 1.82) is 5.26 Å². The molecule has 0 fully saturated rings. The molecular weight excluding hydrogens is 617 g/mol. The second kappa shape index (κ2) is 12.0. The van der Waals surface area contributed by atoms with E-state index in [0.29, 0.717) is 5.56 Å². The van der Waals surface area contributed by atoms with Crippen molar-refractivity contribution in [2.24, 2.45) is 0 Å². The van der Waals surface area contributed by atoms with Gasteiger partial charge in [-0.1, -0.05) is 84.9 Å². The summed E-state index contributed by atoms with van der Waals surface area (Å²) in [6.07, 6.45) is 0. The molecule has 0 unspecified atom stereocenters. The molecule has 5 heteroatoms. The summed E-state index contributed by atoms with van der Waals surface area (Å²) in [5, 5.41) is 12.8. The Kier molecular flexibility index (Phi) is 7.01. The SMILES string of the molecule is N#Cc1ccc(-n2c3ccc(-c4ccc(N(c5ccccc5)c5ccccc5)cc4)cc3c3ccc4nc(-c5ccccc5)sc4c32)cc1. The third-order valence-corrected chi connectivity index (χ3v) is 10.2. The predicted octanol–water partition coefficient (Wildman–Crippen LogP) is 12.1. The Labute approximate surface area is 288 Å². The van der Waals surface area contributed by atoms with E-state index >= 15 is 0 Å². The van der Waals surface area contributed by atoms with E-state index in [-0.39, 0.29) is 0 Å². The standard InChI is InChI=1S/C44H28N4S/c45-29-30-16-21-37(22-17-30)48-41-27-20-33(28-39(41)38-25-26-40-43(42(38)48)49-44(46-40)32-10-4-1-5-11-32)31-18-23-36(24-19-31)47(34-12-6-2-7-13-34)35-14-8-3-9-15-35/h1-28H. The lowest BCUT2D eigenvalue weighted by atomic mass is 10.0. The normalized spacial score (nSPS) is 11.2. The number of benzene rings is 7. The van der Waals surface area contributed by atoms with E-state index in [9.17, 15) is 5.26 Å². The molecule has 49 heavy (non-hydrogen) atoms. The zero-order valence-corrected chi connectivity index (χ0v) is 27.2. The van der Waals surface area contributed by atoms with Gasteiger partial charge in [-0.25, -0.2) is 4.98 Å². The first-order chi connectivity index (χ1) is 24.2. The second-order valence-corrected chi connectivity index (χ2v) is 13.0. The van der Waals surface area contributed by atoms with Crippen LogP contribution in [0.3, 0.4) is 0 Å². The fraction of sp³-hybridized carbons (Fsp3) is 0. The highest BCUT2D eigenvalue weighted by Gasteiger charge is 2.19. The van der Waals surface area contributed by atoms with Crippen molar-refractivity contribution >= 4 is 60.4 Å². The summed E-state index contributed by atoms with van der Waals surface area (Å²) in [5.41, 5.74) is 11.6. The van der Waals surface area contributed by atoms with Crippen molar-refractivity contribution in [2.45, 2.75) is 0 Å². The van der Waals surface area contributed by atoms with Crippen LogP contribution in [-0.2, 0) is 0 Å². The highest BCUT2D eigenvalue weighted by Crippen LogP contribution is 2.42. The van der Waals surface area contributed by atoms with Crippen LogP contribution in [0.4, 0.5) is 17.1 Å². The van der Waals surface area contributed by atoms with E-state index in [0.717, 1.165) is 65.7 Å². The molecule has 0 atom stereocenters. The predicted molar refractivity (Wildman–Crippen MR) is 204 cm³/mol. The Bertz CT molecular complexity index is 2590. The zero-order chi connectivity index (χ0) is 32.7. The van der Waals surface area contributed by atoms with Crippen LogP contribution in [0.5, 0.6) is 0 Å². The van der Waals surface area contributed by atoms with Gasteiger partial charge in [0.25, 0.3) is 0 Å². The highest BCUT2D eigenvalue weighted by atomic mass is 32.1. The number of thiazole rings is 1. The van der Waals surface area contributed by atoms with Crippen molar-refractivity contribution in [2.75, 3.05) is 4.90 Å². The summed E-state index contributed by atoms with van der Waals surface area (Å²) in [6, 6.07) is 61.4. The average molecular weight is 645 g/mol. The van der Waals surface area contributed by atoms with Crippen LogP contribution in [0.2, 0.25) is 0 Å². The Morgan fingerprint density at radius 1 is 0.551 bits per heavy atom. The Morgan fingerprint density at radius 2 is 1.16 bits per heavy atom. The molecule has 230 valence electrons. The minimum Gasteiger partial charge on any atom is -0.311 e. The summed E-state index contributed by atoms with van der Waals surface area (Å²) in [7, 11) is 0. The smallest absolute Gasteiger partial charge is 0.124 e. The molecule has 0 amide bonds. The van der Waals surface area contributed by atoms with Crippen molar-refractivity contribution in [3.05, 3.63) is 175 Å². The largest absolute Gasteiger partial charge is 0.311 e. The van der Waals surface area contributed by atoms with E-state index in [1.807, 2.05) is 42.5 Å². The minimum absolute atomic E-state index is 0.641. The monoisotopic (exact) mass is 644 g/mol. The maximum Gasteiger partial charge on any atom is 0.124 e. The molecule has 9 aromatic rings. The molecule has 0 saturated carbocycles. The Hall–Kier alpha value is -6.48. The van der Waals surface area contributed by atoms with Crippen molar-refractivity contribution in [3.8, 4) is 33.5 Å². The zero-order valence-electron chi connectivity index (χ0n) is 26.4. The number of nitriles is 1. The van der Waals surface area contributed by atoms with Gasteiger partial charge in [0.15, 0.2) is 0 Å². The van der Waals surface area contributed by atoms with E-state index in [1.54, 1.807) is 11.3 Å². The number of nitrogens with zero attached hydrogens (tertiary/aromatic N) is 4. The van der Waals surface area contributed by atoms with Crippen LogP contribution >= 0.6 is 11.3 Å². The molecule has 0 aliphatic heterocycles. The number of anilines is 3.